The van der Waals surface area contributed by atoms with Gasteiger partial charge in [-0.3, -0.25) is 24.0 Å². The Hall–Kier alpha value is -4.36. The highest BCUT2D eigenvalue weighted by molar-refractivity contribution is 5.93. The maximum atomic E-state index is 14.0. The van der Waals surface area contributed by atoms with Gasteiger partial charge in [0, 0.05) is 45.4 Å². The fraction of sp³-hybridized carbons (Fsp3) is 0.543. The molecule has 0 unspecified atom stereocenters. The van der Waals surface area contributed by atoms with Gasteiger partial charge < -0.3 is 33.9 Å². The minimum atomic E-state index is -2.34. The van der Waals surface area contributed by atoms with Gasteiger partial charge >= 0.3 is 29.8 Å². The third kappa shape index (κ3) is 8.01. The van der Waals surface area contributed by atoms with Gasteiger partial charge in [0.25, 0.3) is 0 Å². The Morgan fingerprint density at radius 3 is 1.88 bits per heavy atom. The van der Waals surface area contributed by atoms with Gasteiger partial charge in [0.1, 0.15) is 17.3 Å². The summed E-state index contributed by atoms with van der Waals surface area (Å²) in [6.07, 6.45) is -6.35. The molecule has 0 bridgehead atoms. The molecular formula is C35H44O13. The second-order valence-corrected chi connectivity index (χ2v) is 13.2. The van der Waals surface area contributed by atoms with Gasteiger partial charge in [-0.1, -0.05) is 43.9 Å². The van der Waals surface area contributed by atoms with Gasteiger partial charge in [-0.2, -0.15) is 0 Å². The molecule has 0 amide bonds. The molecule has 0 saturated heterocycles. The van der Waals surface area contributed by atoms with Crippen LogP contribution in [0.1, 0.15) is 72.2 Å². The first-order valence-electron chi connectivity index (χ1n) is 15.4. The summed E-state index contributed by atoms with van der Waals surface area (Å²) in [5, 5.41) is 25.0. The highest BCUT2D eigenvalue weighted by Gasteiger charge is 2.69. The van der Waals surface area contributed by atoms with E-state index in [9.17, 15) is 39.0 Å². The second kappa shape index (κ2) is 14.4. The molecule has 0 radical (unpaired) electrons. The van der Waals surface area contributed by atoms with E-state index in [-0.39, 0.29) is 5.56 Å². The first kappa shape index (κ1) is 38.1. The lowest BCUT2D eigenvalue weighted by Crippen LogP contribution is -2.58. The van der Waals surface area contributed by atoms with Gasteiger partial charge in [-0.15, -0.1) is 0 Å². The Morgan fingerprint density at radius 2 is 1.35 bits per heavy atom. The smallest absolute Gasteiger partial charge is 0.338 e. The van der Waals surface area contributed by atoms with Crippen LogP contribution in [0.2, 0.25) is 0 Å². The van der Waals surface area contributed by atoms with E-state index in [4.69, 9.17) is 23.7 Å². The number of aliphatic hydroxyl groups excluding tert-OH is 1. The summed E-state index contributed by atoms with van der Waals surface area (Å²) in [6, 6.07) is 7.77. The summed E-state index contributed by atoms with van der Waals surface area (Å²) < 4.78 is 28.2. The van der Waals surface area contributed by atoms with Gasteiger partial charge in [0.05, 0.1) is 17.6 Å². The highest BCUT2D eigenvalue weighted by Crippen LogP contribution is 2.53. The quantitative estimate of drug-likeness (QED) is 0.255. The van der Waals surface area contributed by atoms with Crippen LogP contribution in [0.15, 0.2) is 54.6 Å². The van der Waals surface area contributed by atoms with Crippen molar-refractivity contribution in [3.05, 3.63) is 60.2 Å². The van der Waals surface area contributed by atoms with Crippen LogP contribution in [0.25, 0.3) is 0 Å². The predicted octanol–water partition coefficient (Wildman–Crippen LogP) is 2.80. The van der Waals surface area contributed by atoms with Crippen molar-refractivity contribution in [2.24, 2.45) is 17.3 Å². The van der Waals surface area contributed by atoms with Crippen LogP contribution in [0.5, 0.6) is 0 Å². The topological polar surface area (TPSA) is 189 Å². The van der Waals surface area contributed by atoms with Crippen molar-refractivity contribution in [3.8, 4) is 0 Å². The van der Waals surface area contributed by atoms with Gasteiger partial charge in [0.15, 0.2) is 18.0 Å². The zero-order valence-corrected chi connectivity index (χ0v) is 28.4. The third-order valence-electron chi connectivity index (χ3n) is 8.68. The Bertz CT molecular complexity index is 1480. The summed E-state index contributed by atoms with van der Waals surface area (Å²) in [7, 11) is 0. The number of aliphatic hydroxyl groups is 2. The number of carbonyl (C=O) groups is 6. The molecule has 1 fully saturated rings. The minimum absolute atomic E-state index is 0.0907. The summed E-state index contributed by atoms with van der Waals surface area (Å²) in [5.41, 5.74) is -5.92. The van der Waals surface area contributed by atoms with E-state index in [1.165, 1.54) is 45.1 Å². The Morgan fingerprint density at radius 1 is 0.812 bits per heavy atom. The monoisotopic (exact) mass is 672 g/mol. The van der Waals surface area contributed by atoms with Crippen molar-refractivity contribution >= 4 is 35.6 Å². The molecule has 0 spiro atoms. The maximum Gasteiger partial charge on any atom is 0.338 e. The summed E-state index contributed by atoms with van der Waals surface area (Å²) in [4.78, 5) is 77.2. The average Bonchev–Trinajstić information content (AvgIpc) is 3.19. The van der Waals surface area contributed by atoms with Crippen LogP contribution in [0.3, 0.4) is 0 Å². The largest absolute Gasteiger partial charge is 0.459 e. The summed E-state index contributed by atoms with van der Waals surface area (Å²) in [6.45, 7) is 14.2. The van der Waals surface area contributed by atoms with Gasteiger partial charge in [-0.25, -0.2) is 4.79 Å². The molecule has 0 aliphatic heterocycles. The number of benzene rings is 1. The molecule has 0 heterocycles. The molecule has 48 heavy (non-hydrogen) atoms. The second-order valence-electron chi connectivity index (χ2n) is 13.2. The van der Waals surface area contributed by atoms with E-state index in [1.54, 1.807) is 25.1 Å². The third-order valence-corrected chi connectivity index (χ3v) is 8.68. The van der Waals surface area contributed by atoms with Crippen LogP contribution < -0.4 is 0 Å². The fourth-order valence-corrected chi connectivity index (χ4v) is 6.66. The minimum Gasteiger partial charge on any atom is -0.459 e. The zero-order chi connectivity index (χ0) is 36.4. The lowest BCUT2D eigenvalue weighted by Gasteiger charge is -2.43. The number of hydrogen-bond donors (Lipinski definition) is 2. The van der Waals surface area contributed by atoms with E-state index >= 15 is 0 Å². The van der Waals surface area contributed by atoms with Crippen LogP contribution >= 0.6 is 0 Å². The molecule has 1 aromatic carbocycles. The summed E-state index contributed by atoms with van der Waals surface area (Å²) in [5.74, 6) is -7.68. The highest BCUT2D eigenvalue weighted by atomic mass is 16.6. The van der Waals surface area contributed by atoms with Gasteiger partial charge in [0.2, 0.25) is 6.10 Å². The fourth-order valence-electron chi connectivity index (χ4n) is 6.66. The molecule has 1 aromatic rings. The Balaban J connectivity index is 2.40. The van der Waals surface area contributed by atoms with Crippen molar-refractivity contribution in [3.63, 3.8) is 0 Å². The molecule has 13 nitrogen and oxygen atoms in total. The number of rotatable bonds is 6. The molecule has 3 rings (SSSR count). The molecule has 2 N–H and O–H groups in total. The van der Waals surface area contributed by atoms with Crippen molar-refractivity contribution in [1.82, 2.24) is 0 Å². The zero-order valence-electron chi connectivity index (χ0n) is 28.4. The van der Waals surface area contributed by atoms with E-state index in [0.717, 1.165) is 27.7 Å². The number of carbonyl (C=O) groups excluding carboxylic acids is 6. The standard InChI is InChI=1S/C35H44O13/c1-18-15-16-33(7,8)29(41)28(45-21(4)37)27(44-20(3)36)19(2)26(40)25-31(47-32(42)24-13-11-10-12-14-24)34(9,48-23(6)39)17-35(25,43)30(18)46-22(5)38/h10-16,18,25-28,30-31,40,43H,2,17H2,1,3-9H3/b16-15+/t18-,25-,26-,27-,28+,30+,31+,34+,35+/m0/s1. The van der Waals surface area contributed by atoms with Crippen LogP contribution in [-0.2, 0) is 47.7 Å². The number of ketones is 1. The number of Topliss-reactive ketones (excluding diaryl/α,β-unsaturated/α-hetero) is 1. The van der Waals surface area contributed by atoms with Crippen molar-refractivity contribution < 1.29 is 62.7 Å². The van der Waals surface area contributed by atoms with E-state index in [1.807, 2.05) is 0 Å². The van der Waals surface area contributed by atoms with Crippen molar-refractivity contribution in [2.75, 3.05) is 0 Å². The van der Waals surface area contributed by atoms with Crippen molar-refractivity contribution in [1.29, 1.82) is 0 Å². The molecular weight excluding hydrogens is 628 g/mol. The molecule has 0 aromatic heterocycles. The average molecular weight is 673 g/mol. The molecule has 2 aliphatic rings. The number of allylic oxidation sites excluding steroid dienone is 1. The van der Waals surface area contributed by atoms with E-state index in [2.05, 4.69) is 6.58 Å². The van der Waals surface area contributed by atoms with E-state index in [0.29, 0.717) is 0 Å². The number of hydrogen-bond acceptors (Lipinski definition) is 13. The van der Waals surface area contributed by atoms with Crippen LogP contribution in [0.4, 0.5) is 0 Å². The first-order valence-corrected chi connectivity index (χ1v) is 15.4. The normalized spacial score (nSPS) is 33.9. The SMILES string of the molecule is C=C1[C@H](O)[C@H]2[C@@H](OC(=O)c3ccccc3)[C@](C)(OC(C)=O)C[C@]2(O)[C@H](OC(C)=O)[C@@H](C)/C=C/C(C)(C)C(=O)[C@H](OC(C)=O)[C@H]1OC(C)=O. The molecule has 1 saturated carbocycles. The van der Waals surface area contributed by atoms with Crippen molar-refractivity contribution in [2.45, 2.75) is 104 Å². The maximum absolute atomic E-state index is 14.0. The number of esters is 5. The number of ether oxygens (including phenoxy) is 5. The molecule has 13 heteroatoms. The first-order chi connectivity index (χ1) is 22.1. The lowest BCUT2D eigenvalue weighted by atomic mass is 9.72. The Kier molecular flexibility index (Phi) is 11.4. The summed E-state index contributed by atoms with van der Waals surface area (Å²) >= 11 is 0. The van der Waals surface area contributed by atoms with Crippen LogP contribution in [0, 0.1) is 17.3 Å². The number of fused-ring (bicyclic) bond motifs is 1. The van der Waals surface area contributed by atoms with Crippen LogP contribution in [-0.4, -0.2) is 87.6 Å². The predicted molar refractivity (Wildman–Crippen MR) is 168 cm³/mol. The molecule has 2 aliphatic carbocycles. The van der Waals surface area contributed by atoms with Gasteiger partial charge in [-0.05, 0) is 38.5 Å². The Labute approximate surface area is 279 Å². The molecule has 262 valence electrons. The molecule has 9 atom stereocenters. The van der Waals surface area contributed by atoms with E-state index < -0.39 is 107 Å². The lowest BCUT2D eigenvalue weighted by molar-refractivity contribution is -0.187.